The van der Waals surface area contributed by atoms with Gasteiger partial charge in [-0.25, -0.2) is 0 Å². The van der Waals surface area contributed by atoms with E-state index >= 15 is 0 Å². The summed E-state index contributed by atoms with van der Waals surface area (Å²) in [5.74, 6) is 1.30. The van der Waals surface area contributed by atoms with Crippen molar-refractivity contribution in [1.82, 2.24) is 0 Å². The number of aliphatic carboxylic acids is 1. The third-order valence-corrected chi connectivity index (χ3v) is 4.49. The number of hydrogen-bond acceptors (Lipinski definition) is 3. The zero-order valence-electron chi connectivity index (χ0n) is 11.3. The van der Waals surface area contributed by atoms with Crippen molar-refractivity contribution in [3.63, 3.8) is 0 Å². The van der Waals surface area contributed by atoms with Crippen molar-refractivity contribution in [2.24, 2.45) is 5.92 Å². The molecule has 0 aromatic heterocycles. The summed E-state index contributed by atoms with van der Waals surface area (Å²) >= 11 is 1.92. The van der Waals surface area contributed by atoms with E-state index in [4.69, 9.17) is 5.11 Å². The Balaban J connectivity index is 1.99. The molecule has 1 aliphatic rings. The Hall–Kier alpha value is -1.16. The van der Waals surface area contributed by atoms with Gasteiger partial charge in [-0.2, -0.15) is 11.8 Å². The summed E-state index contributed by atoms with van der Waals surface area (Å²) in [5, 5.41) is 9.11. The highest BCUT2D eigenvalue weighted by molar-refractivity contribution is 7.98. The molecule has 0 amide bonds. The van der Waals surface area contributed by atoms with Crippen LogP contribution in [0.5, 0.6) is 0 Å². The molecule has 0 spiro atoms. The molecule has 0 saturated carbocycles. The molecule has 19 heavy (non-hydrogen) atoms. The number of carboxylic acid groups (broad SMARTS) is 1. The van der Waals surface area contributed by atoms with Crippen LogP contribution in [0.4, 0.5) is 5.69 Å². The molecule has 1 aromatic rings. The highest BCUT2D eigenvalue weighted by Crippen LogP contribution is 2.24. The van der Waals surface area contributed by atoms with Crippen molar-refractivity contribution in [3.05, 3.63) is 29.8 Å². The van der Waals surface area contributed by atoms with Crippen molar-refractivity contribution < 1.29 is 9.90 Å². The Morgan fingerprint density at radius 3 is 2.79 bits per heavy atom. The van der Waals surface area contributed by atoms with E-state index in [0.717, 1.165) is 36.6 Å². The maximum atomic E-state index is 11.1. The number of anilines is 1. The second kappa shape index (κ2) is 6.85. The third kappa shape index (κ3) is 3.90. The summed E-state index contributed by atoms with van der Waals surface area (Å²) in [4.78, 5) is 13.3. The maximum Gasteiger partial charge on any atom is 0.308 e. The van der Waals surface area contributed by atoms with E-state index in [1.807, 2.05) is 11.8 Å². The van der Waals surface area contributed by atoms with Crippen LogP contribution in [-0.4, -0.2) is 29.9 Å². The lowest BCUT2D eigenvalue weighted by Crippen LogP contribution is -2.38. The Morgan fingerprint density at radius 2 is 2.16 bits per heavy atom. The Kier molecular flexibility index (Phi) is 5.14. The molecule has 2 rings (SSSR count). The molecule has 3 nitrogen and oxygen atoms in total. The van der Waals surface area contributed by atoms with Crippen LogP contribution in [0.25, 0.3) is 0 Å². The Labute approximate surface area is 119 Å². The number of hydrogen-bond donors (Lipinski definition) is 1. The molecule has 1 heterocycles. The molecule has 104 valence electrons. The molecular formula is C15H21NO2S. The van der Waals surface area contributed by atoms with E-state index in [0.29, 0.717) is 6.54 Å². The number of piperidine rings is 1. The van der Waals surface area contributed by atoms with Crippen LogP contribution in [-0.2, 0) is 10.5 Å². The average molecular weight is 279 g/mol. The Bertz CT molecular complexity index is 419. The standard InChI is InChI=1S/C15H21NO2S/c1-2-19-11-12-5-7-14(8-6-12)16-9-3-4-13(10-16)15(17)18/h5-8,13H,2-4,9-11H2,1H3,(H,17,18). The fourth-order valence-electron chi connectivity index (χ4n) is 2.44. The van der Waals surface area contributed by atoms with Crippen LogP contribution in [0.15, 0.2) is 24.3 Å². The van der Waals surface area contributed by atoms with Crippen molar-refractivity contribution in [2.75, 3.05) is 23.7 Å². The highest BCUT2D eigenvalue weighted by Gasteiger charge is 2.25. The largest absolute Gasteiger partial charge is 0.481 e. The lowest BCUT2D eigenvalue weighted by Gasteiger charge is -2.32. The summed E-state index contributed by atoms with van der Waals surface area (Å²) in [7, 11) is 0. The monoisotopic (exact) mass is 279 g/mol. The van der Waals surface area contributed by atoms with Gasteiger partial charge in [-0.15, -0.1) is 0 Å². The zero-order valence-corrected chi connectivity index (χ0v) is 12.2. The van der Waals surface area contributed by atoms with Gasteiger partial charge in [0.2, 0.25) is 0 Å². The number of thioether (sulfide) groups is 1. The van der Waals surface area contributed by atoms with Crippen LogP contribution in [0.3, 0.4) is 0 Å². The van der Waals surface area contributed by atoms with E-state index in [1.54, 1.807) is 0 Å². The lowest BCUT2D eigenvalue weighted by atomic mass is 9.98. The molecule has 1 fully saturated rings. The number of nitrogens with zero attached hydrogens (tertiary/aromatic N) is 1. The molecule has 1 aliphatic heterocycles. The van der Waals surface area contributed by atoms with Gasteiger partial charge in [-0.05, 0) is 36.3 Å². The number of carboxylic acids is 1. The number of carbonyl (C=O) groups is 1. The summed E-state index contributed by atoms with van der Waals surface area (Å²) in [6.45, 7) is 3.77. The van der Waals surface area contributed by atoms with Crippen molar-refractivity contribution >= 4 is 23.4 Å². The fraction of sp³-hybridized carbons (Fsp3) is 0.533. The van der Waals surface area contributed by atoms with E-state index in [1.165, 1.54) is 5.56 Å². The predicted molar refractivity (Wildman–Crippen MR) is 80.9 cm³/mol. The van der Waals surface area contributed by atoms with Crippen LogP contribution in [0.1, 0.15) is 25.3 Å². The molecule has 4 heteroatoms. The van der Waals surface area contributed by atoms with Gasteiger partial charge in [0.1, 0.15) is 0 Å². The summed E-state index contributed by atoms with van der Waals surface area (Å²) in [6, 6.07) is 8.55. The summed E-state index contributed by atoms with van der Waals surface area (Å²) in [6.07, 6.45) is 1.77. The van der Waals surface area contributed by atoms with Crippen LogP contribution in [0, 0.1) is 5.92 Å². The third-order valence-electron chi connectivity index (χ3n) is 3.54. The minimum absolute atomic E-state index is 0.218. The molecule has 0 bridgehead atoms. The minimum atomic E-state index is -0.666. The molecule has 0 radical (unpaired) electrons. The average Bonchev–Trinajstić information content (AvgIpc) is 2.46. The predicted octanol–water partition coefficient (Wildman–Crippen LogP) is 3.24. The molecule has 1 unspecified atom stereocenters. The minimum Gasteiger partial charge on any atom is -0.481 e. The van der Waals surface area contributed by atoms with Gasteiger partial charge in [-0.1, -0.05) is 19.1 Å². The van der Waals surface area contributed by atoms with Crippen molar-refractivity contribution in [1.29, 1.82) is 0 Å². The quantitative estimate of drug-likeness (QED) is 0.898. The van der Waals surface area contributed by atoms with E-state index in [2.05, 4.69) is 36.1 Å². The Morgan fingerprint density at radius 1 is 1.42 bits per heavy atom. The van der Waals surface area contributed by atoms with Crippen molar-refractivity contribution in [2.45, 2.75) is 25.5 Å². The maximum absolute atomic E-state index is 11.1. The van der Waals surface area contributed by atoms with E-state index in [9.17, 15) is 4.79 Å². The topological polar surface area (TPSA) is 40.5 Å². The first-order valence-corrected chi connectivity index (χ1v) is 8.00. The first kappa shape index (κ1) is 14.3. The van der Waals surface area contributed by atoms with Gasteiger partial charge in [0.25, 0.3) is 0 Å². The van der Waals surface area contributed by atoms with Gasteiger partial charge in [0.15, 0.2) is 0 Å². The SMILES string of the molecule is CCSCc1ccc(N2CCCC(C(=O)O)C2)cc1. The van der Waals surface area contributed by atoms with Crippen LogP contribution < -0.4 is 4.90 Å². The zero-order chi connectivity index (χ0) is 13.7. The van der Waals surface area contributed by atoms with Gasteiger partial charge >= 0.3 is 5.97 Å². The van der Waals surface area contributed by atoms with Gasteiger partial charge < -0.3 is 10.0 Å². The van der Waals surface area contributed by atoms with Crippen molar-refractivity contribution in [3.8, 4) is 0 Å². The van der Waals surface area contributed by atoms with Crippen LogP contribution in [0.2, 0.25) is 0 Å². The molecule has 0 aliphatic carbocycles. The molecule has 1 aromatic carbocycles. The molecule has 1 N–H and O–H groups in total. The first-order chi connectivity index (χ1) is 9.20. The van der Waals surface area contributed by atoms with Gasteiger partial charge in [0, 0.05) is 24.5 Å². The first-order valence-electron chi connectivity index (χ1n) is 6.85. The highest BCUT2D eigenvalue weighted by atomic mass is 32.2. The molecule has 1 saturated heterocycles. The smallest absolute Gasteiger partial charge is 0.308 e. The summed E-state index contributed by atoms with van der Waals surface area (Å²) < 4.78 is 0. The van der Waals surface area contributed by atoms with Crippen LogP contribution >= 0.6 is 11.8 Å². The molecule has 1 atom stereocenters. The number of rotatable bonds is 5. The second-order valence-electron chi connectivity index (χ2n) is 4.93. The van der Waals surface area contributed by atoms with E-state index in [-0.39, 0.29) is 5.92 Å². The van der Waals surface area contributed by atoms with Gasteiger partial charge in [0.05, 0.1) is 5.92 Å². The summed E-state index contributed by atoms with van der Waals surface area (Å²) in [5.41, 5.74) is 2.48. The van der Waals surface area contributed by atoms with Gasteiger partial charge in [-0.3, -0.25) is 4.79 Å². The second-order valence-corrected chi connectivity index (χ2v) is 6.20. The lowest BCUT2D eigenvalue weighted by molar-refractivity contribution is -0.141. The number of benzene rings is 1. The molecular weight excluding hydrogens is 258 g/mol. The normalized spacial score (nSPS) is 19.4. The fourth-order valence-corrected chi connectivity index (χ4v) is 3.07. The van der Waals surface area contributed by atoms with E-state index < -0.39 is 5.97 Å².